The normalized spacial score (nSPS) is 23.2. The van der Waals surface area contributed by atoms with Gasteiger partial charge in [-0.05, 0) is 73.5 Å². The molecular formula is C24H35F. The highest BCUT2D eigenvalue weighted by atomic mass is 19.1. The number of rotatable bonds is 7. The fourth-order valence-electron chi connectivity index (χ4n) is 4.90. The van der Waals surface area contributed by atoms with E-state index in [-0.39, 0.29) is 5.82 Å². The lowest BCUT2D eigenvalue weighted by Crippen LogP contribution is -2.16. The highest BCUT2D eigenvalue weighted by Gasteiger charge is 2.26. The second kappa shape index (κ2) is 9.01. The van der Waals surface area contributed by atoms with Gasteiger partial charge in [-0.15, -0.1) is 0 Å². The smallest absolute Gasteiger partial charge is 0.130 e. The third-order valence-electron chi connectivity index (χ3n) is 6.46. The van der Waals surface area contributed by atoms with Crippen LogP contribution in [0.3, 0.4) is 0 Å². The maximum Gasteiger partial charge on any atom is 0.130 e. The van der Waals surface area contributed by atoms with Crippen molar-refractivity contribution in [2.45, 2.75) is 96.8 Å². The average molecular weight is 343 g/mol. The Labute approximate surface area is 153 Å². The number of hydrogen-bond acceptors (Lipinski definition) is 0. The molecule has 2 aliphatic rings. The lowest BCUT2D eigenvalue weighted by atomic mass is 9.75. The van der Waals surface area contributed by atoms with Gasteiger partial charge in [-0.3, -0.25) is 0 Å². The van der Waals surface area contributed by atoms with Crippen molar-refractivity contribution in [3.63, 3.8) is 0 Å². The van der Waals surface area contributed by atoms with Gasteiger partial charge in [0.05, 0.1) is 0 Å². The molecule has 0 N–H and O–H groups in total. The van der Waals surface area contributed by atoms with Crippen LogP contribution in [-0.2, 0) is 12.8 Å². The Kier molecular flexibility index (Phi) is 6.73. The topological polar surface area (TPSA) is 0 Å². The van der Waals surface area contributed by atoms with Crippen molar-refractivity contribution >= 4 is 0 Å². The van der Waals surface area contributed by atoms with Crippen LogP contribution in [0.4, 0.5) is 4.39 Å². The number of fused-ring (bicyclic) bond motifs is 1. The summed E-state index contributed by atoms with van der Waals surface area (Å²) < 4.78 is 15.2. The molecule has 138 valence electrons. The molecule has 0 radical (unpaired) electrons. The summed E-state index contributed by atoms with van der Waals surface area (Å²) in [5, 5.41) is 0. The van der Waals surface area contributed by atoms with E-state index in [1.54, 1.807) is 0 Å². The Balaban J connectivity index is 1.62. The highest BCUT2D eigenvalue weighted by Crippen LogP contribution is 2.40. The van der Waals surface area contributed by atoms with Crippen molar-refractivity contribution in [3.05, 3.63) is 46.3 Å². The third-order valence-corrected chi connectivity index (χ3v) is 6.46. The highest BCUT2D eigenvalue weighted by molar-refractivity contribution is 5.42. The van der Waals surface area contributed by atoms with Crippen molar-refractivity contribution in [2.75, 3.05) is 0 Å². The molecule has 0 nitrogen and oxygen atoms in total. The van der Waals surface area contributed by atoms with Crippen molar-refractivity contribution in [1.82, 2.24) is 0 Å². The van der Waals surface area contributed by atoms with Crippen molar-refractivity contribution in [2.24, 2.45) is 5.92 Å². The minimum atomic E-state index is 0.124. The summed E-state index contributed by atoms with van der Waals surface area (Å²) in [7, 11) is 0. The standard InChI is InChI=1S/C24H35F/c1-3-5-6-8-18-9-12-20(13-10-18)22-16-14-21-17-19(7-4-2)11-15-23(21)24(22)25/h11,14,16,18,20H,3-10,12-13,15,17H2,1-2H3. The molecule has 25 heavy (non-hydrogen) atoms. The summed E-state index contributed by atoms with van der Waals surface area (Å²) in [5.74, 6) is 1.47. The number of benzene rings is 1. The Hall–Kier alpha value is -1.11. The summed E-state index contributed by atoms with van der Waals surface area (Å²) >= 11 is 0. The maximum absolute atomic E-state index is 15.2. The van der Waals surface area contributed by atoms with E-state index in [9.17, 15) is 0 Å². The molecule has 0 aromatic heterocycles. The lowest BCUT2D eigenvalue weighted by Gasteiger charge is -2.30. The van der Waals surface area contributed by atoms with Gasteiger partial charge in [-0.1, -0.05) is 69.7 Å². The van der Waals surface area contributed by atoms with E-state index in [1.165, 1.54) is 68.9 Å². The number of unbranched alkanes of at least 4 members (excludes halogenated alkanes) is 2. The van der Waals surface area contributed by atoms with E-state index < -0.39 is 0 Å². The lowest BCUT2D eigenvalue weighted by molar-refractivity contribution is 0.299. The molecule has 0 saturated heterocycles. The monoisotopic (exact) mass is 342 g/mol. The van der Waals surface area contributed by atoms with E-state index in [1.807, 2.05) is 0 Å². The summed E-state index contributed by atoms with van der Waals surface area (Å²) in [6, 6.07) is 4.34. The van der Waals surface area contributed by atoms with Gasteiger partial charge in [0.2, 0.25) is 0 Å². The zero-order valence-corrected chi connectivity index (χ0v) is 16.2. The van der Waals surface area contributed by atoms with Crippen molar-refractivity contribution in [3.8, 4) is 0 Å². The number of allylic oxidation sites excluding steroid dienone is 2. The fourth-order valence-corrected chi connectivity index (χ4v) is 4.90. The average Bonchev–Trinajstić information content (AvgIpc) is 2.63. The molecule has 3 rings (SSSR count). The molecule has 1 fully saturated rings. The second-order valence-corrected chi connectivity index (χ2v) is 8.31. The second-order valence-electron chi connectivity index (χ2n) is 8.31. The van der Waals surface area contributed by atoms with Gasteiger partial charge in [0.25, 0.3) is 0 Å². The molecule has 1 saturated carbocycles. The van der Waals surface area contributed by atoms with Crippen LogP contribution in [0.5, 0.6) is 0 Å². The molecule has 0 spiro atoms. The van der Waals surface area contributed by atoms with E-state index >= 15 is 4.39 Å². The summed E-state index contributed by atoms with van der Waals surface area (Å²) in [6.45, 7) is 4.49. The Morgan fingerprint density at radius 3 is 2.52 bits per heavy atom. The Bertz CT molecular complexity index is 590. The first-order chi connectivity index (χ1) is 12.2. The van der Waals surface area contributed by atoms with Gasteiger partial charge in [0.1, 0.15) is 5.82 Å². The van der Waals surface area contributed by atoms with Gasteiger partial charge >= 0.3 is 0 Å². The molecule has 0 atom stereocenters. The first kappa shape index (κ1) is 18.7. The summed E-state index contributed by atoms with van der Waals surface area (Å²) in [4.78, 5) is 0. The molecular weight excluding hydrogens is 307 g/mol. The van der Waals surface area contributed by atoms with Gasteiger partial charge in [0.15, 0.2) is 0 Å². The molecule has 0 aliphatic heterocycles. The first-order valence-corrected chi connectivity index (χ1v) is 10.7. The zero-order valence-electron chi connectivity index (χ0n) is 16.2. The summed E-state index contributed by atoms with van der Waals surface area (Å²) in [6.07, 6.45) is 16.8. The quantitative estimate of drug-likeness (QED) is 0.355. The molecule has 1 aromatic carbocycles. The Morgan fingerprint density at radius 1 is 1.00 bits per heavy atom. The molecule has 0 heterocycles. The molecule has 0 bridgehead atoms. The predicted octanol–water partition coefficient (Wildman–Crippen LogP) is 7.50. The minimum absolute atomic E-state index is 0.124. The number of halogens is 1. The van der Waals surface area contributed by atoms with E-state index in [0.29, 0.717) is 5.92 Å². The van der Waals surface area contributed by atoms with Crippen LogP contribution in [0.15, 0.2) is 23.8 Å². The van der Waals surface area contributed by atoms with E-state index in [2.05, 4.69) is 32.1 Å². The maximum atomic E-state index is 15.2. The SMILES string of the molecule is CCCCCC1CCC(c2ccc3c(c2F)CC=C(CCC)C3)CC1. The van der Waals surface area contributed by atoms with Crippen molar-refractivity contribution < 1.29 is 4.39 Å². The molecule has 0 amide bonds. The zero-order chi connectivity index (χ0) is 17.6. The number of hydrogen-bond donors (Lipinski definition) is 0. The fraction of sp³-hybridized carbons (Fsp3) is 0.667. The molecule has 2 aliphatic carbocycles. The molecule has 0 unspecified atom stereocenters. The van der Waals surface area contributed by atoms with Gasteiger partial charge < -0.3 is 0 Å². The van der Waals surface area contributed by atoms with Crippen LogP contribution in [0.1, 0.15) is 101 Å². The van der Waals surface area contributed by atoms with Crippen LogP contribution in [0, 0.1) is 11.7 Å². The molecule has 1 aromatic rings. The largest absolute Gasteiger partial charge is 0.206 e. The van der Waals surface area contributed by atoms with Crippen LogP contribution < -0.4 is 0 Å². The van der Waals surface area contributed by atoms with Crippen LogP contribution in [-0.4, -0.2) is 0 Å². The van der Waals surface area contributed by atoms with Crippen molar-refractivity contribution in [1.29, 1.82) is 0 Å². The van der Waals surface area contributed by atoms with Gasteiger partial charge in [-0.25, -0.2) is 4.39 Å². The van der Waals surface area contributed by atoms with Crippen LogP contribution in [0.2, 0.25) is 0 Å². The summed E-state index contributed by atoms with van der Waals surface area (Å²) in [5.41, 5.74) is 4.73. The van der Waals surface area contributed by atoms with Gasteiger partial charge in [0, 0.05) is 0 Å². The third kappa shape index (κ3) is 4.54. The molecule has 1 heteroatoms. The van der Waals surface area contributed by atoms with E-state index in [4.69, 9.17) is 0 Å². The van der Waals surface area contributed by atoms with Gasteiger partial charge in [-0.2, -0.15) is 0 Å². The minimum Gasteiger partial charge on any atom is -0.206 e. The first-order valence-electron chi connectivity index (χ1n) is 10.7. The van der Waals surface area contributed by atoms with Crippen LogP contribution >= 0.6 is 0 Å². The van der Waals surface area contributed by atoms with E-state index in [0.717, 1.165) is 36.3 Å². The predicted molar refractivity (Wildman–Crippen MR) is 106 cm³/mol. The van der Waals surface area contributed by atoms with Crippen LogP contribution in [0.25, 0.3) is 0 Å². The Morgan fingerprint density at radius 2 is 1.80 bits per heavy atom.